The van der Waals surface area contributed by atoms with Crippen molar-refractivity contribution in [2.75, 3.05) is 6.61 Å². The quantitative estimate of drug-likeness (QED) is 0.199. The van der Waals surface area contributed by atoms with Crippen LogP contribution in [0.2, 0.25) is 0 Å². The third-order valence-electron chi connectivity index (χ3n) is 1.53. The first-order chi connectivity index (χ1) is 7.20. The molecule has 0 aliphatic carbocycles. The fraction of sp³-hybridized carbons (Fsp3) is 0.222. The Bertz CT molecular complexity index is 379. The molecular weight excluding hydrogens is 202 g/mol. The zero-order valence-corrected chi connectivity index (χ0v) is 7.97. The van der Waals surface area contributed by atoms with Gasteiger partial charge in [-0.2, -0.15) is 0 Å². The van der Waals surface area contributed by atoms with E-state index in [-0.39, 0.29) is 12.4 Å². The van der Waals surface area contributed by atoms with E-state index in [1.807, 2.05) is 0 Å². The molecule has 1 N–H and O–H groups in total. The van der Waals surface area contributed by atoms with Gasteiger partial charge in [0.2, 0.25) is 5.71 Å². The van der Waals surface area contributed by atoms with Gasteiger partial charge in [-0.1, -0.05) is 5.16 Å². The van der Waals surface area contributed by atoms with Crippen LogP contribution >= 0.6 is 0 Å². The molecule has 1 aromatic rings. The van der Waals surface area contributed by atoms with Crippen molar-refractivity contribution in [1.82, 2.24) is 0 Å². The molecule has 80 valence electrons. The maximum Gasteiger partial charge on any atom is 0.364 e. The molecule has 0 aromatic carbocycles. The minimum absolute atomic E-state index is 0.0866. The minimum Gasteiger partial charge on any atom is -0.461 e. The highest BCUT2D eigenvalue weighted by Crippen LogP contribution is 2.03. The minimum atomic E-state index is -0.985. The second-order valence-corrected chi connectivity index (χ2v) is 2.48. The molecule has 0 saturated carbocycles. The van der Waals surface area contributed by atoms with Crippen LogP contribution in [0.1, 0.15) is 17.5 Å². The topological polar surface area (TPSA) is 89.1 Å². The number of hydrogen-bond acceptors (Lipinski definition) is 6. The Morgan fingerprint density at radius 2 is 2.33 bits per heavy atom. The van der Waals surface area contributed by atoms with Crippen molar-refractivity contribution >= 4 is 17.5 Å². The van der Waals surface area contributed by atoms with Crippen molar-refractivity contribution in [3.05, 3.63) is 24.2 Å². The van der Waals surface area contributed by atoms with E-state index < -0.39 is 17.5 Å². The molecule has 0 atom stereocenters. The van der Waals surface area contributed by atoms with Crippen LogP contribution in [-0.4, -0.2) is 29.3 Å². The zero-order valence-electron chi connectivity index (χ0n) is 7.97. The molecule has 0 unspecified atom stereocenters. The van der Waals surface area contributed by atoms with E-state index >= 15 is 0 Å². The molecule has 6 heteroatoms. The summed E-state index contributed by atoms with van der Waals surface area (Å²) in [4.78, 5) is 22.6. The molecule has 0 bridgehead atoms. The number of carbonyl (C=O) groups is 2. The average molecular weight is 211 g/mol. The standard InChI is InChI=1S/C9H9NO5/c1-2-14-9(12)7(10-13)8(11)6-4-3-5-15-6/h3-5,13H,2H2,1H3. The van der Waals surface area contributed by atoms with Crippen molar-refractivity contribution in [3.63, 3.8) is 0 Å². The van der Waals surface area contributed by atoms with Gasteiger partial charge in [0.05, 0.1) is 12.9 Å². The predicted molar refractivity (Wildman–Crippen MR) is 48.9 cm³/mol. The number of oxime groups is 1. The van der Waals surface area contributed by atoms with Crippen molar-refractivity contribution in [3.8, 4) is 0 Å². The van der Waals surface area contributed by atoms with Crippen LogP contribution in [-0.2, 0) is 9.53 Å². The Balaban J connectivity index is 2.86. The lowest BCUT2D eigenvalue weighted by molar-refractivity contribution is -0.135. The monoisotopic (exact) mass is 211 g/mol. The van der Waals surface area contributed by atoms with E-state index in [2.05, 4.69) is 9.89 Å². The van der Waals surface area contributed by atoms with E-state index in [1.165, 1.54) is 18.4 Å². The molecule has 0 aliphatic heterocycles. The van der Waals surface area contributed by atoms with E-state index in [9.17, 15) is 9.59 Å². The number of hydrogen-bond donors (Lipinski definition) is 1. The third kappa shape index (κ3) is 2.43. The number of nitrogens with zero attached hydrogens (tertiary/aromatic N) is 1. The fourth-order valence-electron chi connectivity index (χ4n) is 0.903. The molecule has 0 amide bonds. The molecule has 1 heterocycles. The summed E-state index contributed by atoms with van der Waals surface area (Å²) in [5.41, 5.74) is -0.702. The lowest BCUT2D eigenvalue weighted by Crippen LogP contribution is -2.26. The molecular formula is C9H9NO5. The molecule has 0 aliphatic rings. The number of ether oxygens (including phenoxy) is 1. The maximum atomic E-state index is 11.5. The lowest BCUT2D eigenvalue weighted by Gasteiger charge is -2.00. The summed E-state index contributed by atoms with van der Waals surface area (Å²) in [6, 6.07) is 2.83. The summed E-state index contributed by atoms with van der Waals surface area (Å²) in [6.07, 6.45) is 1.27. The first-order valence-corrected chi connectivity index (χ1v) is 4.18. The molecule has 15 heavy (non-hydrogen) atoms. The van der Waals surface area contributed by atoms with Gasteiger partial charge >= 0.3 is 5.97 Å². The van der Waals surface area contributed by atoms with Gasteiger partial charge in [0.15, 0.2) is 5.76 Å². The van der Waals surface area contributed by atoms with Gasteiger partial charge < -0.3 is 14.4 Å². The summed E-state index contributed by atoms with van der Waals surface area (Å²) in [6.45, 7) is 1.66. The Labute approximate surface area is 85.1 Å². The van der Waals surface area contributed by atoms with Crippen LogP contribution in [0.25, 0.3) is 0 Å². The number of esters is 1. The molecule has 1 rings (SSSR count). The molecule has 0 fully saturated rings. The second-order valence-electron chi connectivity index (χ2n) is 2.48. The van der Waals surface area contributed by atoms with Crippen molar-refractivity contribution in [2.45, 2.75) is 6.92 Å². The number of rotatable bonds is 4. The normalized spacial score (nSPS) is 11.1. The Kier molecular flexibility index (Phi) is 3.61. The Morgan fingerprint density at radius 1 is 1.60 bits per heavy atom. The van der Waals surface area contributed by atoms with Crippen LogP contribution in [0.15, 0.2) is 28.0 Å². The van der Waals surface area contributed by atoms with E-state index in [1.54, 1.807) is 6.92 Å². The Hall–Kier alpha value is -2.11. The highest BCUT2D eigenvalue weighted by molar-refractivity contribution is 6.67. The maximum absolute atomic E-state index is 11.5. The summed E-state index contributed by atoms with van der Waals surface area (Å²) in [7, 11) is 0. The van der Waals surface area contributed by atoms with Crippen molar-refractivity contribution in [1.29, 1.82) is 0 Å². The largest absolute Gasteiger partial charge is 0.461 e. The van der Waals surface area contributed by atoms with Crippen molar-refractivity contribution in [2.24, 2.45) is 5.16 Å². The van der Waals surface area contributed by atoms with Crippen LogP contribution < -0.4 is 0 Å². The average Bonchev–Trinajstić information content (AvgIpc) is 2.71. The van der Waals surface area contributed by atoms with E-state index in [0.717, 1.165) is 0 Å². The number of ketones is 1. The third-order valence-corrected chi connectivity index (χ3v) is 1.53. The van der Waals surface area contributed by atoms with Gasteiger partial charge in [0.25, 0.3) is 5.78 Å². The first-order valence-electron chi connectivity index (χ1n) is 4.18. The molecule has 6 nitrogen and oxygen atoms in total. The molecule has 0 spiro atoms. The van der Waals surface area contributed by atoms with Gasteiger partial charge in [-0.15, -0.1) is 0 Å². The zero-order chi connectivity index (χ0) is 11.3. The predicted octanol–water partition coefficient (Wildman–Crippen LogP) is 0.856. The van der Waals surface area contributed by atoms with E-state index in [0.29, 0.717) is 0 Å². The highest BCUT2D eigenvalue weighted by Gasteiger charge is 2.25. The molecule has 1 aromatic heterocycles. The van der Waals surface area contributed by atoms with Gasteiger partial charge in [-0.05, 0) is 19.1 Å². The SMILES string of the molecule is CCOC(=O)C(=NO)C(=O)c1ccco1. The number of Topliss-reactive ketones (excluding diaryl/α,β-unsaturated/α-hetero) is 1. The summed E-state index contributed by atoms with van der Waals surface area (Å²) >= 11 is 0. The van der Waals surface area contributed by atoms with Crippen molar-refractivity contribution < 1.29 is 24.0 Å². The highest BCUT2D eigenvalue weighted by atomic mass is 16.5. The van der Waals surface area contributed by atoms with Crippen LogP contribution in [0, 0.1) is 0 Å². The summed E-state index contributed by atoms with van der Waals surface area (Å²) in [5, 5.41) is 11.1. The summed E-state index contributed by atoms with van der Waals surface area (Å²) < 4.78 is 9.28. The first kappa shape index (κ1) is 11.0. The van der Waals surface area contributed by atoms with Gasteiger partial charge in [-0.3, -0.25) is 4.79 Å². The molecule has 0 saturated heterocycles. The smallest absolute Gasteiger partial charge is 0.364 e. The molecule has 0 radical (unpaired) electrons. The van der Waals surface area contributed by atoms with Crippen LogP contribution in [0.4, 0.5) is 0 Å². The van der Waals surface area contributed by atoms with E-state index in [4.69, 9.17) is 9.62 Å². The lowest BCUT2D eigenvalue weighted by atomic mass is 10.2. The Morgan fingerprint density at radius 3 is 2.80 bits per heavy atom. The van der Waals surface area contributed by atoms with Gasteiger partial charge in [0, 0.05) is 0 Å². The fourth-order valence-corrected chi connectivity index (χ4v) is 0.903. The van der Waals surface area contributed by atoms with Crippen LogP contribution in [0.3, 0.4) is 0 Å². The van der Waals surface area contributed by atoms with Gasteiger partial charge in [0.1, 0.15) is 0 Å². The van der Waals surface area contributed by atoms with Crippen LogP contribution in [0.5, 0.6) is 0 Å². The van der Waals surface area contributed by atoms with Gasteiger partial charge in [-0.25, -0.2) is 4.79 Å². The summed E-state index contributed by atoms with van der Waals surface area (Å²) in [5.74, 6) is -1.89. The number of carbonyl (C=O) groups excluding carboxylic acids is 2. The number of furan rings is 1. The second kappa shape index (κ2) is 4.94.